The molecule has 9 nitrogen and oxygen atoms in total. The summed E-state index contributed by atoms with van der Waals surface area (Å²) in [6.45, 7) is 2.63. The summed E-state index contributed by atoms with van der Waals surface area (Å²) in [5.74, 6) is 0.927. The first kappa shape index (κ1) is 31.6. The van der Waals surface area contributed by atoms with Crippen molar-refractivity contribution in [2.75, 3.05) is 30.0 Å². The number of nitrogens with zero attached hydrogens (tertiary/aromatic N) is 3. The van der Waals surface area contributed by atoms with Gasteiger partial charge in [0.1, 0.15) is 30.3 Å². The van der Waals surface area contributed by atoms with E-state index < -0.39 is 15.4 Å². The number of sulfone groups is 1. The lowest BCUT2D eigenvalue weighted by molar-refractivity contribution is 0.0173. The topological polar surface area (TPSA) is 113 Å². The molecule has 12 heteroatoms. The van der Waals surface area contributed by atoms with Gasteiger partial charge in [-0.15, -0.1) is 0 Å². The number of pyridine rings is 1. The first-order valence-corrected chi connectivity index (χ1v) is 16.6. The van der Waals surface area contributed by atoms with Crippen molar-refractivity contribution in [3.05, 3.63) is 95.5 Å². The van der Waals surface area contributed by atoms with Crippen molar-refractivity contribution >= 4 is 43.8 Å². The van der Waals surface area contributed by atoms with Crippen molar-refractivity contribution < 1.29 is 27.0 Å². The molecule has 0 amide bonds. The third kappa shape index (κ3) is 8.02. The predicted molar refractivity (Wildman–Crippen MR) is 168 cm³/mol. The molecule has 0 fully saturated rings. The van der Waals surface area contributed by atoms with Crippen LogP contribution in [-0.4, -0.2) is 48.1 Å². The number of hydrogen-bond acceptors (Lipinski definition) is 9. The molecule has 3 heterocycles. The maximum absolute atomic E-state index is 13.5. The van der Waals surface area contributed by atoms with Crippen molar-refractivity contribution in [1.29, 1.82) is 0 Å². The molecule has 5 rings (SSSR count). The lowest BCUT2D eigenvalue weighted by Gasteiger charge is -2.28. The number of anilines is 2. The van der Waals surface area contributed by atoms with Gasteiger partial charge in [-0.1, -0.05) is 30.7 Å². The zero-order valence-corrected chi connectivity index (χ0v) is 25.9. The minimum Gasteiger partial charge on any atom is -0.489 e. The molecule has 0 spiro atoms. The van der Waals surface area contributed by atoms with E-state index in [0.717, 1.165) is 11.1 Å². The summed E-state index contributed by atoms with van der Waals surface area (Å²) in [4.78, 5) is 13.5. The first-order valence-electron chi connectivity index (χ1n) is 14.4. The van der Waals surface area contributed by atoms with E-state index in [1.54, 1.807) is 36.7 Å². The zero-order chi connectivity index (χ0) is 31.0. The SMILES string of the molecule is CCCS(=O)(=O)CCOCCCC1(c2cc3c(Nc4ccc(OCc5cccc(F)c5)c(Cl)c4)ncnc3cn2)CC=CO1. The Hall–Kier alpha value is -3.80. The molecule has 1 atom stereocenters. The Morgan fingerprint density at radius 1 is 1.09 bits per heavy atom. The van der Waals surface area contributed by atoms with Crippen LogP contribution in [0.3, 0.4) is 0 Å². The predicted octanol–water partition coefficient (Wildman–Crippen LogP) is 6.89. The van der Waals surface area contributed by atoms with Crippen LogP contribution in [0.1, 0.15) is 43.9 Å². The molecule has 1 unspecified atom stereocenters. The second-order valence-corrected chi connectivity index (χ2v) is 13.3. The van der Waals surface area contributed by atoms with Gasteiger partial charge in [-0.05, 0) is 67.3 Å². The van der Waals surface area contributed by atoms with E-state index in [9.17, 15) is 12.8 Å². The molecular formula is C32H34ClFN4O5S. The third-order valence-corrected chi connectivity index (χ3v) is 9.34. The Bertz CT molecular complexity index is 1730. The van der Waals surface area contributed by atoms with E-state index in [4.69, 9.17) is 25.8 Å². The minimum absolute atomic E-state index is 0.0297. The molecule has 0 aliphatic carbocycles. The van der Waals surface area contributed by atoms with Crippen LogP contribution in [0.2, 0.25) is 5.02 Å². The van der Waals surface area contributed by atoms with Gasteiger partial charge in [0.15, 0.2) is 15.4 Å². The van der Waals surface area contributed by atoms with E-state index in [0.29, 0.717) is 65.6 Å². The fraction of sp³-hybridized carbons (Fsp3) is 0.344. The third-order valence-electron chi connectivity index (χ3n) is 7.23. The van der Waals surface area contributed by atoms with Crippen LogP contribution < -0.4 is 10.1 Å². The van der Waals surface area contributed by atoms with Gasteiger partial charge in [0.25, 0.3) is 0 Å². The van der Waals surface area contributed by atoms with Gasteiger partial charge >= 0.3 is 0 Å². The van der Waals surface area contributed by atoms with Gasteiger partial charge in [-0.2, -0.15) is 0 Å². The first-order chi connectivity index (χ1) is 21.3. The van der Waals surface area contributed by atoms with Crippen LogP contribution in [-0.2, 0) is 31.5 Å². The molecule has 1 aliphatic rings. The Kier molecular flexibility index (Phi) is 10.3. The van der Waals surface area contributed by atoms with Gasteiger partial charge in [0.2, 0.25) is 0 Å². The maximum atomic E-state index is 13.5. The van der Waals surface area contributed by atoms with Crippen molar-refractivity contribution in [3.8, 4) is 5.75 Å². The summed E-state index contributed by atoms with van der Waals surface area (Å²) in [6, 6.07) is 13.4. The number of aromatic nitrogens is 3. The highest BCUT2D eigenvalue weighted by Gasteiger charge is 2.36. The van der Waals surface area contributed by atoms with Crippen LogP contribution in [0.25, 0.3) is 10.9 Å². The highest BCUT2D eigenvalue weighted by molar-refractivity contribution is 7.91. The van der Waals surface area contributed by atoms with E-state index in [1.807, 2.05) is 25.1 Å². The lowest BCUT2D eigenvalue weighted by Crippen LogP contribution is -2.27. The number of hydrogen-bond donors (Lipinski definition) is 1. The monoisotopic (exact) mass is 640 g/mol. The molecule has 4 aromatic rings. The molecule has 0 bridgehead atoms. The molecule has 2 aromatic heterocycles. The highest BCUT2D eigenvalue weighted by Crippen LogP contribution is 2.39. The molecule has 232 valence electrons. The minimum atomic E-state index is -3.07. The zero-order valence-electron chi connectivity index (χ0n) is 24.3. The Balaban J connectivity index is 1.26. The quantitative estimate of drug-likeness (QED) is 0.139. The average molecular weight is 641 g/mol. The number of rotatable bonds is 15. The van der Waals surface area contributed by atoms with Crippen molar-refractivity contribution in [2.24, 2.45) is 0 Å². The van der Waals surface area contributed by atoms with E-state index >= 15 is 0 Å². The number of fused-ring (bicyclic) bond motifs is 1. The Labute approximate surface area is 261 Å². The maximum Gasteiger partial charge on any atom is 0.153 e. The fourth-order valence-electron chi connectivity index (χ4n) is 5.01. The van der Waals surface area contributed by atoms with Crippen molar-refractivity contribution in [1.82, 2.24) is 15.0 Å². The Morgan fingerprint density at radius 2 is 1.98 bits per heavy atom. The number of ether oxygens (including phenoxy) is 3. The Morgan fingerprint density at radius 3 is 2.75 bits per heavy atom. The normalized spacial score (nSPS) is 16.2. The van der Waals surface area contributed by atoms with Crippen LogP contribution in [0.5, 0.6) is 5.75 Å². The average Bonchev–Trinajstić information content (AvgIpc) is 3.48. The second-order valence-electron chi connectivity index (χ2n) is 10.6. The summed E-state index contributed by atoms with van der Waals surface area (Å²) in [6.07, 6.45) is 9.35. The number of benzene rings is 2. The van der Waals surface area contributed by atoms with Crippen LogP contribution >= 0.6 is 11.6 Å². The molecule has 2 aromatic carbocycles. The van der Waals surface area contributed by atoms with E-state index in [-0.39, 0.29) is 30.5 Å². The van der Waals surface area contributed by atoms with Crippen LogP contribution in [0.15, 0.2) is 73.4 Å². The molecule has 44 heavy (non-hydrogen) atoms. The van der Waals surface area contributed by atoms with Gasteiger partial charge in [-0.3, -0.25) is 4.98 Å². The molecule has 1 aliphatic heterocycles. The van der Waals surface area contributed by atoms with Crippen LogP contribution in [0, 0.1) is 5.82 Å². The summed E-state index contributed by atoms with van der Waals surface area (Å²) >= 11 is 6.51. The molecule has 0 saturated heterocycles. The molecule has 0 radical (unpaired) electrons. The second kappa shape index (κ2) is 14.3. The molecule has 0 saturated carbocycles. The van der Waals surface area contributed by atoms with Crippen LogP contribution in [0.4, 0.5) is 15.9 Å². The molecular weight excluding hydrogens is 607 g/mol. The highest BCUT2D eigenvalue weighted by atomic mass is 35.5. The van der Waals surface area contributed by atoms with Gasteiger partial charge < -0.3 is 19.5 Å². The largest absolute Gasteiger partial charge is 0.489 e. The van der Waals surface area contributed by atoms with E-state index in [1.165, 1.54) is 18.5 Å². The lowest BCUT2D eigenvalue weighted by atomic mass is 9.90. The summed E-state index contributed by atoms with van der Waals surface area (Å²) in [7, 11) is -3.07. The smallest absolute Gasteiger partial charge is 0.153 e. The van der Waals surface area contributed by atoms with Gasteiger partial charge in [0, 0.05) is 29.9 Å². The van der Waals surface area contributed by atoms with Crippen molar-refractivity contribution in [3.63, 3.8) is 0 Å². The van der Waals surface area contributed by atoms with E-state index in [2.05, 4.69) is 20.3 Å². The molecule has 1 N–H and O–H groups in total. The van der Waals surface area contributed by atoms with Gasteiger partial charge in [-0.25, -0.2) is 22.8 Å². The van der Waals surface area contributed by atoms with Crippen molar-refractivity contribution in [2.45, 2.75) is 44.8 Å². The number of halogens is 2. The standard InChI is InChI=1S/C32H34ClFN4O5S/c1-2-15-44(39,40)16-14-41-12-4-10-32(11-5-13-43-32)30-19-26-28(20-35-30)36-22-37-31(26)38-25-8-9-29(27(33)18-25)42-21-23-6-3-7-24(34)17-23/h3,5-9,13,17-20,22H,2,4,10-12,14-16,21H2,1H3,(H,36,37,38). The number of nitrogens with one attached hydrogen (secondary N) is 1. The summed E-state index contributed by atoms with van der Waals surface area (Å²) in [5, 5.41) is 4.47. The summed E-state index contributed by atoms with van der Waals surface area (Å²) in [5.41, 5.74) is 2.11. The van der Waals surface area contributed by atoms with Gasteiger partial charge in [0.05, 0.1) is 41.1 Å². The summed E-state index contributed by atoms with van der Waals surface area (Å²) < 4.78 is 54.9. The fourth-order valence-corrected chi connectivity index (χ4v) is 6.44.